The smallest absolute Gasteiger partial charge is 0.304 e. The van der Waals surface area contributed by atoms with E-state index in [1.165, 1.54) is 6.07 Å². The Bertz CT molecular complexity index is 340. The molecule has 0 saturated carbocycles. The molecule has 0 unspecified atom stereocenters. The third-order valence-corrected chi connectivity index (χ3v) is 1.88. The van der Waals surface area contributed by atoms with Gasteiger partial charge in [-0.25, -0.2) is 8.78 Å². The first-order valence-corrected chi connectivity index (χ1v) is 4.46. The highest BCUT2D eigenvalue weighted by molar-refractivity contribution is 5.85. The number of aliphatic carboxylic acids is 1. The summed E-state index contributed by atoms with van der Waals surface area (Å²) >= 11 is 0. The summed E-state index contributed by atoms with van der Waals surface area (Å²) in [6.45, 7) is 0.175. The molecule has 0 bridgehead atoms. The predicted molar refractivity (Wildman–Crippen MR) is 57.6 cm³/mol. The number of nitrogens with one attached hydrogen (secondary N) is 1. The lowest BCUT2D eigenvalue weighted by Gasteiger charge is -2.05. The van der Waals surface area contributed by atoms with Gasteiger partial charge in [0, 0.05) is 18.7 Å². The fourth-order valence-corrected chi connectivity index (χ4v) is 1.11. The van der Waals surface area contributed by atoms with E-state index >= 15 is 0 Å². The van der Waals surface area contributed by atoms with Gasteiger partial charge in [0.15, 0.2) is 0 Å². The van der Waals surface area contributed by atoms with Crippen molar-refractivity contribution in [2.75, 3.05) is 6.54 Å². The van der Waals surface area contributed by atoms with Crippen LogP contribution in [0.25, 0.3) is 0 Å². The third kappa shape index (κ3) is 4.55. The molecule has 0 saturated heterocycles. The molecule has 1 aromatic rings. The molecule has 0 aliphatic carbocycles. The molecular formula is C10H12ClF2NO2. The van der Waals surface area contributed by atoms with Gasteiger partial charge in [0.05, 0.1) is 6.42 Å². The second-order valence-electron chi connectivity index (χ2n) is 3.02. The number of rotatable bonds is 5. The van der Waals surface area contributed by atoms with Crippen LogP contribution in [0.2, 0.25) is 0 Å². The summed E-state index contributed by atoms with van der Waals surface area (Å²) in [6.07, 6.45) is -0.0733. The van der Waals surface area contributed by atoms with Crippen LogP contribution in [0.5, 0.6) is 0 Å². The molecular weight excluding hydrogens is 240 g/mol. The summed E-state index contributed by atoms with van der Waals surface area (Å²) in [7, 11) is 0. The molecule has 1 rings (SSSR count). The van der Waals surface area contributed by atoms with E-state index in [1.54, 1.807) is 0 Å². The minimum atomic E-state index is -0.948. The first kappa shape index (κ1) is 14.8. The number of carboxylic acid groups (broad SMARTS) is 1. The van der Waals surface area contributed by atoms with Crippen molar-refractivity contribution in [3.8, 4) is 0 Å². The van der Waals surface area contributed by atoms with Gasteiger partial charge in [0.2, 0.25) is 0 Å². The zero-order chi connectivity index (χ0) is 11.3. The first-order chi connectivity index (χ1) is 7.11. The summed E-state index contributed by atoms with van der Waals surface area (Å²) in [5.41, 5.74) is -0.0668. The van der Waals surface area contributed by atoms with E-state index in [0.717, 1.165) is 12.1 Å². The van der Waals surface area contributed by atoms with Crippen molar-refractivity contribution in [3.05, 3.63) is 35.4 Å². The average molecular weight is 252 g/mol. The molecule has 0 spiro atoms. The molecule has 0 amide bonds. The maximum atomic E-state index is 13.0. The molecule has 0 radical (unpaired) electrons. The molecule has 0 aliphatic rings. The molecule has 0 aliphatic heterocycles. The highest BCUT2D eigenvalue weighted by Gasteiger charge is 2.07. The Kier molecular flexibility index (Phi) is 6.60. The Labute approximate surface area is 97.9 Å². The van der Waals surface area contributed by atoms with Gasteiger partial charge >= 0.3 is 5.97 Å². The molecule has 3 nitrogen and oxygen atoms in total. The van der Waals surface area contributed by atoms with Crippen LogP contribution in [0, 0.1) is 11.6 Å². The van der Waals surface area contributed by atoms with Crippen LogP contribution in [0.3, 0.4) is 0 Å². The van der Waals surface area contributed by atoms with Crippen LogP contribution in [0.4, 0.5) is 8.78 Å². The minimum Gasteiger partial charge on any atom is -0.481 e. The Morgan fingerprint density at radius 3 is 2.38 bits per heavy atom. The molecule has 0 atom stereocenters. The normalized spacial score (nSPS) is 9.62. The molecule has 0 heterocycles. The van der Waals surface area contributed by atoms with Gasteiger partial charge in [0.25, 0.3) is 0 Å². The van der Waals surface area contributed by atoms with Gasteiger partial charge in [0.1, 0.15) is 11.6 Å². The van der Waals surface area contributed by atoms with Gasteiger partial charge < -0.3 is 10.4 Å². The number of hydrogen-bond acceptors (Lipinski definition) is 2. The highest BCUT2D eigenvalue weighted by Crippen LogP contribution is 2.11. The van der Waals surface area contributed by atoms with E-state index in [9.17, 15) is 13.6 Å². The number of benzene rings is 1. The highest BCUT2D eigenvalue weighted by atomic mass is 35.5. The topological polar surface area (TPSA) is 49.3 Å². The van der Waals surface area contributed by atoms with E-state index in [-0.39, 0.29) is 37.5 Å². The van der Waals surface area contributed by atoms with E-state index < -0.39 is 17.6 Å². The minimum absolute atomic E-state index is 0. The van der Waals surface area contributed by atoms with Crippen molar-refractivity contribution in [2.24, 2.45) is 0 Å². The van der Waals surface area contributed by atoms with Crippen LogP contribution in [0.15, 0.2) is 18.2 Å². The summed E-state index contributed by atoms with van der Waals surface area (Å²) < 4.78 is 26.1. The number of carboxylic acids is 1. The van der Waals surface area contributed by atoms with Gasteiger partial charge in [-0.1, -0.05) is 6.07 Å². The quantitative estimate of drug-likeness (QED) is 0.787. The van der Waals surface area contributed by atoms with Crippen molar-refractivity contribution in [1.82, 2.24) is 5.32 Å². The molecule has 2 N–H and O–H groups in total. The second kappa shape index (κ2) is 7.14. The van der Waals surface area contributed by atoms with Crippen LogP contribution in [0.1, 0.15) is 12.0 Å². The zero-order valence-corrected chi connectivity index (χ0v) is 9.19. The molecule has 1 aromatic carbocycles. The van der Waals surface area contributed by atoms with Gasteiger partial charge in [-0.2, -0.15) is 0 Å². The van der Waals surface area contributed by atoms with Crippen LogP contribution in [-0.2, 0) is 11.3 Å². The van der Waals surface area contributed by atoms with Crippen molar-refractivity contribution >= 4 is 18.4 Å². The van der Waals surface area contributed by atoms with Crippen LogP contribution < -0.4 is 5.32 Å². The average Bonchev–Trinajstić information content (AvgIpc) is 2.15. The lowest BCUT2D eigenvalue weighted by Crippen LogP contribution is -2.19. The lowest BCUT2D eigenvalue weighted by molar-refractivity contribution is -0.136. The maximum absolute atomic E-state index is 13.0. The Morgan fingerprint density at radius 2 is 1.88 bits per heavy atom. The van der Waals surface area contributed by atoms with E-state index in [4.69, 9.17) is 5.11 Å². The summed E-state index contributed by atoms with van der Waals surface area (Å²) in [4.78, 5) is 10.2. The lowest BCUT2D eigenvalue weighted by atomic mass is 10.2. The van der Waals surface area contributed by atoms with Gasteiger partial charge in [-0.3, -0.25) is 4.79 Å². The van der Waals surface area contributed by atoms with Crippen molar-refractivity contribution in [3.63, 3.8) is 0 Å². The standard InChI is InChI=1S/C10H11F2NO2.ClH/c11-8-2-1-3-9(12)7(8)6-13-5-4-10(14)15;/h1-3,13H,4-6H2,(H,14,15);1H. The summed E-state index contributed by atoms with van der Waals surface area (Å²) in [5.74, 6) is -2.20. The number of hydrogen-bond donors (Lipinski definition) is 2. The Balaban J connectivity index is 0.00000225. The summed E-state index contributed by atoms with van der Waals surface area (Å²) in [6, 6.07) is 3.61. The first-order valence-electron chi connectivity index (χ1n) is 4.46. The number of halogens is 3. The van der Waals surface area contributed by atoms with Crippen LogP contribution in [-0.4, -0.2) is 17.6 Å². The van der Waals surface area contributed by atoms with E-state index in [2.05, 4.69) is 5.32 Å². The van der Waals surface area contributed by atoms with Crippen molar-refractivity contribution in [1.29, 1.82) is 0 Å². The van der Waals surface area contributed by atoms with Gasteiger partial charge in [-0.05, 0) is 12.1 Å². The van der Waals surface area contributed by atoms with E-state index in [1.807, 2.05) is 0 Å². The maximum Gasteiger partial charge on any atom is 0.304 e. The molecule has 0 fully saturated rings. The third-order valence-electron chi connectivity index (χ3n) is 1.88. The molecule has 90 valence electrons. The van der Waals surface area contributed by atoms with Crippen LogP contribution >= 0.6 is 12.4 Å². The Morgan fingerprint density at radius 1 is 1.31 bits per heavy atom. The van der Waals surface area contributed by atoms with Gasteiger partial charge in [-0.15, -0.1) is 12.4 Å². The second-order valence-corrected chi connectivity index (χ2v) is 3.02. The fraction of sp³-hybridized carbons (Fsp3) is 0.300. The van der Waals surface area contributed by atoms with Crippen molar-refractivity contribution in [2.45, 2.75) is 13.0 Å². The molecule has 6 heteroatoms. The fourth-order valence-electron chi connectivity index (χ4n) is 1.11. The van der Waals surface area contributed by atoms with Crippen molar-refractivity contribution < 1.29 is 18.7 Å². The summed E-state index contributed by atoms with van der Waals surface area (Å²) in [5, 5.41) is 11.0. The largest absolute Gasteiger partial charge is 0.481 e. The van der Waals surface area contributed by atoms with E-state index in [0.29, 0.717) is 0 Å². The molecule has 16 heavy (non-hydrogen) atoms. The Hall–Kier alpha value is -1.20. The monoisotopic (exact) mass is 251 g/mol. The number of carbonyl (C=O) groups is 1. The zero-order valence-electron chi connectivity index (χ0n) is 8.37. The molecule has 0 aromatic heterocycles. The predicted octanol–water partition coefficient (Wildman–Crippen LogP) is 1.95. The SMILES string of the molecule is Cl.O=C(O)CCNCc1c(F)cccc1F.